The van der Waals surface area contributed by atoms with E-state index in [0.29, 0.717) is 0 Å². The largest absolute Gasteiger partial charge is 0.456 e. The molecule has 0 atom stereocenters. The lowest BCUT2D eigenvalue weighted by molar-refractivity contribution is 0.668. The van der Waals surface area contributed by atoms with Crippen LogP contribution >= 0.6 is 0 Å². The molecule has 262 valence electrons. The maximum atomic E-state index is 6.54. The first-order chi connectivity index (χ1) is 27.7. The highest BCUT2D eigenvalue weighted by molar-refractivity contribution is 6.17. The third-order valence-corrected chi connectivity index (χ3v) is 11.3. The van der Waals surface area contributed by atoms with Crippen LogP contribution in [0.25, 0.3) is 98.8 Å². The highest BCUT2D eigenvalue weighted by Crippen LogP contribution is 2.46. The zero-order valence-corrected chi connectivity index (χ0v) is 30.1. The lowest BCUT2D eigenvalue weighted by atomic mass is 9.96. The molecule has 0 spiro atoms. The molecule has 0 fully saturated rings. The summed E-state index contributed by atoms with van der Waals surface area (Å²) in [6.07, 6.45) is 0. The monoisotopic (exact) mass is 717 g/mol. The Hall–Kier alpha value is -7.56. The zero-order valence-electron chi connectivity index (χ0n) is 30.1. The molecule has 0 aliphatic carbocycles. The van der Waals surface area contributed by atoms with Crippen molar-refractivity contribution in [3.05, 3.63) is 188 Å². The first-order valence-corrected chi connectivity index (χ1v) is 18.9. The minimum absolute atomic E-state index is 0.846. The van der Waals surface area contributed by atoms with E-state index in [0.717, 1.165) is 111 Å². The topological polar surface area (TPSA) is 42.7 Å². The summed E-state index contributed by atoms with van der Waals surface area (Å²) < 4.78 is 19.1. The Morgan fingerprint density at radius 2 is 0.875 bits per heavy atom. The molecule has 0 N–H and O–H groups in total. The Kier molecular flexibility index (Phi) is 6.60. The molecule has 4 heteroatoms. The average molecular weight is 718 g/mol. The summed E-state index contributed by atoms with van der Waals surface area (Å²) in [5.74, 6) is 0. The van der Waals surface area contributed by atoms with Gasteiger partial charge in [0.1, 0.15) is 33.5 Å². The van der Waals surface area contributed by atoms with E-state index >= 15 is 0 Å². The van der Waals surface area contributed by atoms with Crippen LogP contribution in [0.4, 0.5) is 17.1 Å². The standard InChI is InChI=1S/C52H31NO3/c1-2-11-34-30-50-44(29-33(34)10-1)52-42(15-9-19-49(52)56-50)38-12-3-6-16-45(38)53(37-25-26-41-39-13-4-7-17-46(39)55-51(41)31-37)36-23-20-32(21-24-36)35-22-27-48-43(28-35)40-14-5-8-18-47(40)54-48/h1-31H. The van der Waals surface area contributed by atoms with Crippen molar-refractivity contribution >= 4 is 93.7 Å². The quantitative estimate of drug-likeness (QED) is 0.178. The molecule has 4 nitrogen and oxygen atoms in total. The van der Waals surface area contributed by atoms with Gasteiger partial charge in [0.05, 0.1) is 5.69 Å². The fraction of sp³-hybridized carbons (Fsp3) is 0. The van der Waals surface area contributed by atoms with Gasteiger partial charge in [0, 0.05) is 55.3 Å². The molecule has 56 heavy (non-hydrogen) atoms. The second-order valence-corrected chi connectivity index (χ2v) is 14.5. The molecule has 0 saturated heterocycles. The number of fused-ring (bicyclic) bond motifs is 10. The van der Waals surface area contributed by atoms with Crippen molar-refractivity contribution in [2.75, 3.05) is 4.90 Å². The number of hydrogen-bond acceptors (Lipinski definition) is 4. The van der Waals surface area contributed by atoms with Gasteiger partial charge in [-0.05, 0) is 100 Å². The number of nitrogens with zero attached hydrogens (tertiary/aromatic N) is 1. The molecule has 3 aromatic heterocycles. The van der Waals surface area contributed by atoms with Crippen LogP contribution in [0.15, 0.2) is 201 Å². The van der Waals surface area contributed by atoms with Gasteiger partial charge in [0.15, 0.2) is 0 Å². The summed E-state index contributed by atoms with van der Waals surface area (Å²) in [6, 6.07) is 66.2. The van der Waals surface area contributed by atoms with Crippen molar-refractivity contribution in [2.24, 2.45) is 0 Å². The van der Waals surface area contributed by atoms with Crippen molar-refractivity contribution in [2.45, 2.75) is 0 Å². The van der Waals surface area contributed by atoms with E-state index in [1.165, 1.54) is 5.39 Å². The summed E-state index contributed by atoms with van der Waals surface area (Å²) in [6.45, 7) is 0. The van der Waals surface area contributed by atoms with E-state index in [1.807, 2.05) is 24.3 Å². The molecule has 12 aromatic rings. The molecule has 0 saturated carbocycles. The van der Waals surface area contributed by atoms with Crippen molar-refractivity contribution in [1.29, 1.82) is 0 Å². The van der Waals surface area contributed by atoms with Gasteiger partial charge in [-0.2, -0.15) is 0 Å². The Balaban J connectivity index is 1.05. The molecule has 0 amide bonds. The molecule has 0 unspecified atom stereocenters. The number of rotatable bonds is 5. The predicted molar refractivity (Wildman–Crippen MR) is 231 cm³/mol. The highest BCUT2D eigenvalue weighted by Gasteiger charge is 2.22. The lowest BCUT2D eigenvalue weighted by Crippen LogP contribution is -2.11. The first-order valence-electron chi connectivity index (χ1n) is 18.9. The zero-order chi connectivity index (χ0) is 36.7. The van der Waals surface area contributed by atoms with Gasteiger partial charge >= 0.3 is 0 Å². The maximum absolute atomic E-state index is 6.54. The summed E-state index contributed by atoms with van der Waals surface area (Å²) in [5, 5.41) is 9.00. The third kappa shape index (κ3) is 4.73. The summed E-state index contributed by atoms with van der Waals surface area (Å²) in [4.78, 5) is 2.34. The van der Waals surface area contributed by atoms with Crippen LogP contribution in [0, 0.1) is 0 Å². The van der Waals surface area contributed by atoms with Crippen molar-refractivity contribution in [3.63, 3.8) is 0 Å². The molecule has 0 aliphatic rings. The highest BCUT2D eigenvalue weighted by atomic mass is 16.3. The average Bonchev–Trinajstić information content (AvgIpc) is 3.94. The van der Waals surface area contributed by atoms with Crippen LogP contribution in [0.1, 0.15) is 0 Å². The number of para-hydroxylation sites is 3. The molecular weight excluding hydrogens is 687 g/mol. The summed E-state index contributed by atoms with van der Waals surface area (Å²) in [5.41, 5.74) is 12.8. The minimum atomic E-state index is 0.846. The Bertz CT molecular complexity index is 3490. The van der Waals surface area contributed by atoms with Crippen LogP contribution in [0.5, 0.6) is 0 Å². The Labute approximate surface area is 321 Å². The smallest absolute Gasteiger partial charge is 0.137 e. The minimum Gasteiger partial charge on any atom is -0.456 e. The van der Waals surface area contributed by atoms with E-state index in [1.54, 1.807) is 0 Å². The van der Waals surface area contributed by atoms with E-state index < -0.39 is 0 Å². The van der Waals surface area contributed by atoms with Gasteiger partial charge in [0.25, 0.3) is 0 Å². The van der Waals surface area contributed by atoms with Crippen LogP contribution in [0.3, 0.4) is 0 Å². The van der Waals surface area contributed by atoms with E-state index in [2.05, 4.69) is 169 Å². The van der Waals surface area contributed by atoms with Crippen LogP contribution in [-0.2, 0) is 0 Å². The number of benzene rings is 9. The summed E-state index contributed by atoms with van der Waals surface area (Å²) in [7, 11) is 0. The second-order valence-electron chi connectivity index (χ2n) is 14.5. The Morgan fingerprint density at radius 3 is 1.71 bits per heavy atom. The summed E-state index contributed by atoms with van der Waals surface area (Å²) >= 11 is 0. The number of hydrogen-bond donors (Lipinski definition) is 0. The Morgan fingerprint density at radius 1 is 0.304 bits per heavy atom. The van der Waals surface area contributed by atoms with Gasteiger partial charge < -0.3 is 18.2 Å². The lowest BCUT2D eigenvalue weighted by Gasteiger charge is -2.28. The molecule has 0 bridgehead atoms. The van der Waals surface area contributed by atoms with Gasteiger partial charge in [-0.1, -0.05) is 109 Å². The second kappa shape index (κ2) is 12.0. The van der Waals surface area contributed by atoms with E-state index in [4.69, 9.17) is 13.3 Å². The van der Waals surface area contributed by atoms with Crippen molar-refractivity contribution in [3.8, 4) is 22.3 Å². The molecule has 3 heterocycles. The molecular formula is C52H31NO3. The van der Waals surface area contributed by atoms with Crippen molar-refractivity contribution in [1.82, 2.24) is 0 Å². The van der Waals surface area contributed by atoms with Gasteiger partial charge in [-0.15, -0.1) is 0 Å². The maximum Gasteiger partial charge on any atom is 0.137 e. The SMILES string of the molecule is c1ccc(N(c2ccc(-c3ccc4oc5ccccc5c4c3)cc2)c2ccc3c(c2)oc2ccccc23)c(-c2cccc3oc4cc5ccccc5cc4c23)c1. The van der Waals surface area contributed by atoms with E-state index in [-0.39, 0.29) is 0 Å². The fourth-order valence-electron chi connectivity index (χ4n) is 8.62. The normalized spacial score (nSPS) is 11.9. The first kappa shape index (κ1) is 30.9. The molecule has 0 aliphatic heterocycles. The van der Waals surface area contributed by atoms with Gasteiger partial charge in [-0.3, -0.25) is 0 Å². The van der Waals surface area contributed by atoms with Crippen LogP contribution in [0.2, 0.25) is 0 Å². The number of anilines is 3. The molecule has 9 aromatic carbocycles. The van der Waals surface area contributed by atoms with E-state index in [9.17, 15) is 0 Å². The predicted octanol–water partition coefficient (Wildman–Crippen LogP) is 15.3. The van der Waals surface area contributed by atoms with Gasteiger partial charge in [0.2, 0.25) is 0 Å². The van der Waals surface area contributed by atoms with Gasteiger partial charge in [-0.25, -0.2) is 0 Å². The fourth-order valence-corrected chi connectivity index (χ4v) is 8.62. The van der Waals surface area contributed by atoms with Crippen LogP contribution < -0.4 is 4.90 Å². The number of furan rings is 3. The molecule has 0 radical (unpaired) electrons. The van der Waals surface area contributed by atoms with Crippen LogP contribution in [-0.4, -0.2) is 0 Å². The molecule has 12 rings (SSSR count). The third-order valence-electron chi connectivity index (χ3n) is 11.3. The van der Waals surface area contributed by atoms with Crippen molar-refractivity contribution < 1.29 is 13.3 Å².